The number of piperidine rings is 1. The molecular formula is C15H19N3O3S. The number of likely N-dealkylation sites (tertiary alicyclic amines) is 1. The predicted molar refractivity (Wildman–Crippen MR) is 85.9 cm³/mol. The summed E-state index contributed by atoms with van der Waals surface area (Å²) in [5.74, 6) is -0.248. The van der Waals surface area contributed by atoms with Crippen LogP contribution in [0.5, 0.6) is 0 Å². The Morgan fingerprint density at radius 3 is 3.00 bits per heavy atom. The minimum Gasteiger partial charge on any atom is -0.396 e. The third-order valence-corrected chi connectivity index (χ3v) is 5.02. The molecule has 0 radical (unpaired) electrons. The maximum absolute atomic E-state index is 12.6. The van der Waals surface area contributed by atoms with E-state index in [0.717, 1.165) is 15.8 Å². The maximum atomic E-state index is 12.6. The van der Waals surface area contributed by atoms with Crippen molar-refractivity contribution in [2.24, 2.45) is 5.92 Å². The number of anilines is 1. The van der Waals surface area contributed by atoms with E-state index in [1.54, 1.807) is 4.90 Å². The van der Waals surface area contributed by atoms with E-state index in [-0.39, 0.29) is 25.0 Å². The fraction of sp³-hybridized carbons (Fsp3) is 0.467. The first kappa shape index (κ1) is 15.2. The molecule has 22 heavy (non-hydrogen) atoms. The third kappa shape index (κ3) is 2.67. The molecule has 1 aliphatic heterocycles. The highest BCUT2D eigenvalue weighted by Gasteiger charge is 2.30. The molecule has 2 atom stereocenters. The number of β-amino-alcohol motifs (C(OH)–C–C–N with tert-alkyl or cyclic N) is 1. The van der Waals surface area contributed by atoms with E-state index in [9.17, 15) is 15.0 Å². The van der Waals surface area contributed by atoms with Crippen LogP contribution in [0.25, 0.3) is 10.2 Å². The van der Waals surface area contributed by atoms with E-state index in [0.29, 0.717) is 23.7 Å². The lowest BCUT2D eigenvalue weighted by atomic mass is 9.94. The summed E-state index contributed by atoms with van der Waals surface area (Å²) < 4.78 is 0.895. The van der Waals surface area contributed by atoms with Crippen molar-refractivity contribution < 1.29 is 15.0 Å². The van der Waals surface area contributed by atoms with E-state index in [4.69, 9.17) is 5.73 Å². The first-order valence-electron chi connectivity index (χ1n) is 7.24. The van der Waals surface area contributed by atoms with Crippen LogP contribution in [-0.2, 0) is 0 Å². The predicted octanol–water partition coefficient (Wildman–Crippen LogP) is 1.00. The first-order chi connectivity index (χ1) is 10.5. The monoisotopic (exact) mass is 321 g/mol. The molecule has 118 valence electrons. The first-order valence-corrected chi connectivity index (χ1v) is 8.06. The SMILES string of the molecule is Cc1cc(C(=O)N2CC[C@H](CO)[C@H](O)C2)cc2sc(N)nc12. The van der Waals surface area contributed by atoms with E-state index >= 15 is 0 Å². The fourth-order valence-electron chi connectivity index (χ4n) is 2.90. The van der Waals surface area contributed by atoms with Crippen molar-refractivity contribution in [3.63, 3.8) is 0 Å². The number of amides is 1. The molecule has 3 rings (SSSR count). The Balaban J connectivity index is 1.86. The second kappa shape index (κ2) is 5.83. The van der Waals surface area contributed by atoms with Gasteiger partial charge in [0.15, 0.2) is 5.13 Å². The number of carbonyl (C=O) groups is 1. The van der Waals surface area contributed by atoms with Gasteiger partial charge in [-0.2, -0.15) is 0 Å². The number of aromatic nitrogens is 1. The van der Waals surface area contributed by atoms with Gasteiger partial charge in [0.1, 0.15) is 0 Å². The number of aliphatic hydroxyl groups is 2. The van der Waals surface area contributed by atoms with E-state index in [2.05, 4.69) is 4.98 Å². The number of aryl methyl sites for hydroxylation is 1. The van der Waals surface area contributed by atoms with Crippen LogP contribution in [0.4, 0.5) is 5.13 Å². The maximum Gasteiger partial charge on any atom is 0.254 e. The lowest BCUT2D eigenvalue weighted by Gasteiger charge is -2.35. The minimum atomic E-state index is -0.674. The summed E-state index contributed by atoms with van der Waals surface area (Å²) in [6.07, 6.45) is -0.0652. The van der Waals surface area contributed by atoms with Crippen LogP contribution in [0.3, 0.4) is 0 Å². The summed E-state index contributed by atoms with van der Waals surface area (Å²) in [5.41, 5.74) is 8.07. The molecule has 1 amide bonds. The number of rotatable bonds is 2. The molecule has 2 aromatic rings. The van der Waals surface area contributed by atoms with Gasteiger partial charge in [0.25, 0.3) is 5.91 Å². The number of benzene rings is 1. The summed E-state index contributed by atoms with van der Waals surface area (Å²) in [7, 11) is 0. The molecule has 7 heteroatoms. The molecule has 0 unspecified atom stereocenters. The van der Waals surface area contributed by atoms with Gasteiger partial charge < -0.3 is 20.8 Å². The number of carbonyl (C=O) groups excluding carboxylic acids is 1. The second-order valence-corrected chi connectivity index (χ2v) is 6.80. The number of hydrogen-bond donors (Lipinski definition) is 3. The number of nitrogens with zero attached hydrogens (tertiary/aromatic N) is 2. The van der Waals surface area contributed by atoms with Crippen LogP contribution >= 0.6 is 11.3 Å². The lowest BCUT2D eigenvalue weighted by molar-refractivity contribution is 0.000882. The number of aliphatic hydroxyl groups excluding tert-OH is 2. The zero-order valence-corrected chi connectivity index (χ0v) is 13.1. The van der Waals surface area contributed by atoms with Gasteiger partial charge in [-0.25, -0.2) is 4.98 Å². The summed E-state index contributed by atoms with van der Waals surface area (Å²) >= 11 is 1.36. The van der Waals surface area contributed by atoms with Crippen molar-refractivity contribution in [1.29, 1.82) is 0 Å². The number of hydrogen-bond acceptors (Lipinski definition) is 6. The highest BCUT2D eigenvalue weighted by atomic mass is 32.1. The standard InChI is InChI=1S/C15H19N3O3S/c1-8-4-10(5-12-13(8)17-15(16)22-12)14(21)18-3-2-9(7-19)11(20)6-18/h4-5,9,11,19-20H,2-3,6-7H2,1H3,(H2,16,17)/t9-,11-/m1/s1. The zero-order chi connectivity index (χ0) is 15.9. The quantitative estimate of drug-likeness (QED) is 0.766. The van der Waals surface area contributed by atoms with Crippen molar-refractivity contribution in [3.05, 3.63) is 23.3 Å². The Hall–Kier alpha value is -1.70. The normalized spacial score (nSPS) is 22.2. The minimum absolute atomic E-state index is 0.0472. The molecule has 0 saturated carbocycles. The molecular weight excluding hydrogens is 302 g/mol. The van der Waals surface area contributed by atoms with Crippen molar-refractivity contribution in [2.45, 2.75) is 19.4 Å². The number of fused-ring (bicyclic) bond motifs is 1. The molecule has 2 heterocycles. The van der Waals surface area contributed by atoms with E-state index in [1.807, 2.05) is 19.1 Å². The number of nitrogen functional groups attached to an aromatic ring is 1. The molecule has 0 aliphatic carbocycles. The van der Waals surface area contributed by atoms with Gasteiger partial charge >= 0.3 is 0 Å². The number of nitrogens with two attached hydrogens (primary N) is 1. The molecule has 1 aromatic carbocycles. The van der Waals surface area contributed by atoms with Gasteiger partial charge in [-0.15, -0.1) is 0 Å². The average Bonchev–Trinajstić information content (AvgIpc) is 2.87. The van der Waals surface area contributed by atoms with Crippen LogP contribution in [0, 0.1) is 12.8 Å². The van der Waals surface area contributed by atoms with Crippen molar-refractivity contribution in [3.8, 4) is 0 Å². The van der Waals surface area contributed by atoms with Gasteiger partial charge in [-0.1, -0.05) is 11.3 Å². The number of thiazole rings is 1. The topological polar surface area (TPSA) is 99.7 Å². The van der Waals surface area contributed by atoms with Crippen LogP contribution in [0.15, 0.2) is 12.1 Å². The van der Waals surface area contributed by atoms with Gasteiger partial charge in [0, 0.05) is 31.2 Å². The van der Waals surface area contributed by atoms with Crippen LogP contribution in [0.2, 0.25) is 0 Å². The largest absolute Gasteiger partial charge is 0.396 e. The van der Waals surface area contributed by atoms with E-state index in [1.165, 1.54) is 11.3 Å². The highest BCUT2D eigenvalue weighted by molar-refractivity contribution is 7.22. The van der Waals surface area contributed by atoms with Crippen molar-refractivity contribution in [1.82, 2.24) is 9.88 Å². The van der Waals surface area contributed by atoms with Gasteiger partial charge in [0.2, 0.25) is 0 Å². The second-order valence-electron chi connectivity index (χ2n) is 5.74. The van der Waals surface area contributed by atoms with Gasteiger partial charge in [-0.05, 0) is 31.0 Å². The summed E-state index contributed by atoms with van der Waals surface area (Å²) in [5, 5.41) is 19.7. The van der Waals surface area contributed by atoms with Gasteiger partial charge in [-0.3, -0.25) is 4.79 Å². The molecule has 1 aliphatic rings. The average molecular weight is 321 g/mol. The Bertz CT molecular complexity index is 715. The molecule has 1 fully saturated rings. The fourth-order valence-corrected chi connectivity index (χ4v) is 3.75. The van der Waals surface area contributed by atoms with Crippen molar-refractivity contribution >= 4 is 32.6 Å². The molecule has 4 N–H and O–H groups in total. The third-order valence-electron chi connectivity index (χ3n) is 4.19. The lowest BCUT2D eigenvalue weighted by Crippen LogP contribution is -2.47. The van der Waals surface area contributed by atoms with Crippen LogP contribution in [-0.4, -0.2) is 51.8 Å². The van der Waals surface area contributed by atoms with Crippen LogP contribution < -0.4 is 5.73 Å². The Morgan fingerprint density at radius 2 is 2.32 bits per heavy atom. The Morgan fingerprint density at radius 1 is 1.55 bits per heavy atom. The zero-order valence-electron chi connectivity index (χ0n) is 12.3. The van der Waals surface area contributed by atoms with E-state index < -0.39 is 6.10 Å². The van der Waals surface area contributed by atoms with Crippen molar-refractivity contribution in [2.75, 3.05) is 25.4 Å². The summed E-state index contributed by atoms with van der Waals surface area (Å²) in [6.45, 7) is 2.66. The molecule has 1 saturated heterocycles. The Kier molecular flexibility index (Phi) is 4.03. The summed E-state index contributed by atoms with van der Waals surface area (Å²) in [6, 6.07) is 3.62. The Labute approximate surface area is 132 Å². The molecule has 0 bridgehead atoms. The molecule has 0 spiro atoms. The van der Waals surface area contributed by atoms with Gasteiger partial charge in [0.05, 0.1) is 16.3 Å². The molecule has 6 nitrogen and oxygen atoms in total. The molecule has 1 aromatic heterocycles. The highest BCUT2D eigenvalue weighted by Crippen LogP contribution is 2.28. The summed E-state index contributed by atoms with van der Waals surface area (Å²) in [4.78, 5) is 18.6. The van der Waals surface area contributed by atoms with Crippen LogP contribution in [0.1, 0.15) is 22.3 Å². The smallest absolute Gasteiger partial charge is 0.254 e.